The first-order valence-electron chi connectivity index (χ1n) is 8.88. The van der Waals surface area contributed by atoms with Crippen molar-refractivity contribution < 1.29 is 4.79 Å². The van der Waals surface area contributed by atoms with E-state index in [1.807, 2.05) is 11.8 Å². The van der Waals surface area contributed by atoms with Gasteiger partial charge in [0.05, 0.1) is 0 Å². The van der Waals surface area contributed by atoms with E-state index in [1.54, 1.807) is 0 Å². The number of thioether (sulfide) groups is 1. The summed E-state index contributed by atoms with van der Waals surface area (Å²) in [5.41, 5.74) is 1.44. The Morgan fingerprint density at radius 3 is 2.61 bits per heavy atom. The molecule has 1 aromatic rings. The lowest BCUT2D eigenvalue weighted by atomic mass is 9.84. The maximum absolute atomic E-state index is 11.9. The molecular formula is C19H28N2OS. The van der Waals surface area contributed by atoms with E-state index < -0.39 is 0 Å². The highest BCUT2D eigenvalue weighted by Crippen LogP contribution is 2.27. The van der Waals surface area contributed by atoms with E-state index in [4.69, 9.17) is 0 Å². The smallest absolute Gasteiger partial charge is 0.223 e. The van der Waals surface area contributed by atoms with Crippen LogP contribution in [0, 0.1) is 11.8 Å². The van der Waals surface area contributed by atoms with E-state index in [0.29, 0.717) is 17.7 Å². The number of rotatable bonds is 6. The minimum atomic E-state index is 0.299. The fraction of sp³-hybridized carbons (Fsp3) is 0.632. The number of carbonyl (C=O) groups excluding carboxylic acids is 1. The number of piperidine rings is 1. The van der Waals surface area contributed by atoms with Crippen LogP contribution >= 0.6 is 11.8 Å². The summed E-state index contributed by atoms with van der Waals surface area (Å²) in [7, 11) is 0. The quantitative estimate of drug-likeness (QED) is 0.809. The van der Waals surface area contributed by atoms with Gasteiger partial charge in [-0.05, 0) is 62.6 Å². The molecule has 0 bridgehead atoms. The third kappa shape index (κ3) is 4.51. The third-order valence-corrected chi connectivity index (χ3v) is 6.17. The molecule has 1 aromatic carbocycles. The number of nitrogens with zero attached hydrogens (tertiary/aromatic N) is 1. The Morgan fingerprint density at radius 2 is 1.96 bits per heavy atom. The zero-order valence-electron chi connectivity index (χ0n) is 14.1. The molecule has 2 fully saturated rings. The number of hydrogen-bond acceptors (Lipinski definition) is 3. The van der Waals surface area contributed by atoms with Gasteiger partial charge in [0.1, 0.15) is 0 Å². The van der Waals surface area contributed by atoms with Gasteiger partial charge in [0.15, 0.2) is 0 Å². The third-order valence-electron chi connectivity index (χ3n) is 5.33. The van der Waals surface area contributed by atoms with Crippen LogP contribution in [0.25, 0.3) is 0 Å². The van der Waals surface area contributed by atoms with Gasteiger partial charge in [-0.1, -0.05) is 24.6 Å². The Hall–Kier alpha value is -1.00. The summed E-state index contributed by atoms with van der Waals surface area (Å²) >= 11 is 1.83. The Kier molecular flexibility index (Phi) is 6.01. The van der Waals surface area contributed by atoms with Crippen molar-refractivity contribution >= 4 is 17.7 Å². The van der Waals surface area contributed by atoms with Crippen LogP contribution in [0.1, 0.15) is 37.7 Å². The molecular weight excluding hydrogens is 304 g/mol. The standard InChI is InChI=1S/C19H28N2OS/c1-23-18-8-3-2-5-17(18)14-21-11-9-15(10-12-21)13-20-19(22)16-6-4-7-16/h2-3,5,8,15-16H,4,6-7,9-14H2,1H3,(H,20,22). The van der Waals surface area contributed by atoms with Crippen LogP contribution in [0.5, 0.6) is 0 Å². The van der Waals surface area contributed by atoms with Gasteiger partial charge in [0, 0.05) is 23.9 Å². The summed E-state index contributed by atoms with van der Waals surface area (Å²) in [6.07, 6.45) is 7.97. The molecule has 3 rings (SSSR count). The van der Waals surface area contributed by atoms with E-state index in [1.165, 1.54) is 29.7 Å². The average molecular weight is 333 g/mol. The van der Waals surface area contributed by atoms with Crippen molar-refractivity contribution in [3.8, 4) is 0 Å². The van der Waals surface area contributed by atoms with Crippen LogP contribution in [0.15, 0.2) is 29.2 Å². The zero-order chi connectivity index (χ0) is 16.1. The first-order valence-corrected chi connectivity index (χ1v) is 10.1. The maximum atomic E-state index is 11.9. The minimum Gasteiger partial charge on any atom is -0.356 e. The van der Waals surface area contributed by atoms with Crippen LogP contribution in [0.2, 0.25) is 0 Å². The first kappa shape index (κ1) is 16.8. The second-order valence-corrected chi connectivity index (χ2v) is 7.75. The van der Waals surface area contributed by atoms with Crippen LogP contribution in [0.3, 0.4) is 0 Å². The minimum absolute atomic E-state index is 0.299. The van der Waals surface area contributed by atoms with Gasteiger partial charge in [0.2, 0.25) is 5.91 Å². The number of carbonyl (C=O) groups is 1. The molecule has 126 valence electrons. The fourth-order valence-corrected chi connectivity index (χ4v) is 4.09. The number of nitrogens with one attached hydrogen (secondary N) is 1. The van der Waals surface area contributed by atoms with Crippen molar-refractivity contribution in [2.45, 2.75) is 43.5 Å². The molecule has 3 nitrogen and oxygen atoms in total. The molecule has 23 heavy (non-hydrogen) atoms. The lowest BCUT2D eigenvalue weighted by molar-refractivity contribution is -0.127. The summed E-state index contributed by atoms with van der Waals surface area (Å²) in [4.78, 5) is 15.9. The van der Waals surface area contributed by atoms with Crippen molar-refractivity contribution in [1.82, 2.24) is 10.2 Å². The Bertz CT molecular complexity index is 522. The van der Waals surface area contributed by atoms with E-state index in [-0.39, 0.29) is 0 Å². The SMILES string of the molecule is CSc1ccccc1CN1CCC(CNC(=O)C2CCC2)CC1. The van der Waals surface area contributed by atoms with Crippen LogP contribution in [-0.4, -0.2) is 36.7 Å². The molecule has 1 saturated heterocycles. The molecule has 0 radical (unpaired) electrons. The maximum Gasteiger partial charge on any atom is 0.223 e. The van der Waals surface area contributed by atoms with E-state index in [2.05, 4.69) is 40.7 Å². The monoisotopic (exact) mass is 332 g/mol. The molecule has 4 heteroatoms. The number of likely N-dealkylation sites (tertiary alicyclic amines) is 1. The van der Waals surface area contributed by atoms with Gasteiger partial charge < -0.3 is 5.32 Å². The Labute approximate surface area is 144 Å². The lowest BCUT2D eigenvalue weighted by Crippen LogP contribution is -2.41. The molecule has 1 aliphatic heterocycles. The predicted molar refractivity (Wildman–Crippen MR) is 96.6 cm³/mol. The summed E-state index contributed by atoms with van der Waals surface area (Å²) in [5, 5.41) is 3.18. The van der Waals surface area contributed by atoms with Crippen molar-refractivity contribution in [3.05, 3.63) is 29.8 Å². The van der Waals surface area contributed by atoms with Gasteiger partial charge in [-0.3, -0.25) is 9.69 Å². The predicted octanol–water partition coefficient (Wildman–Crippen LogP) is 3.54. The molecule has 0 spiro atoms. The molecule has 0 aromatic heterocycles. The molecule has 1 aliphatic carbocycles. The van der Waals surface area contributed by atoms with E-state index in [0.717, 1.165) is 39.0 Å². The number of hydrogen-bond donors (Lipinski definition) is 1. The number of amides is 1. The Balaban J connectivity index is 1.40. The summed E-state index contributed by atoms with van der Waals surface area (Å²) in [5.74, 6) is 1.27. The van der Waals surface area contributed by atoms with E-state index in [9.17, 15) is 4.79 Å². The Morgan fingerprint density at radius 1 is 1.22 bits per heavy atom. The second kappa shape index (κ2) is 8.20. The summed E-state index contributed by atoms with van der Waals surface area (Å²) in [6, 6.07) is 8.71. The van der Waals surface area contributed by atoms with Crippen molar-refractivity contribution in [1.29, 1.82) is 0 Å². The molecule has 0 unspecified atom stereocenters. The first-order chi connectivity index (χ1) is 11.3. The van der Waals surface area contributed by atoms with Gasteiger partial charge in [-0.25, -0.2) is 0 Å². The highest BCUT2D eigenvalue weighted by molar-refractivity contribution is 7.98. The lowest BCUT2D eigenvalue weighted by Gasteiger charge is -2.33. The van der Waals surface area contributed by atoms with Crippen LogP contribution in [-0.2, 0) is 11.3 Å². The topological polar surface area (TPSA) is 32.3 Å². The molecule has 1 saturated carbocycles. The van der Waals surface area contributed by atoms with Crippen LogP contribution < -0.4 is 5.32 Å². The largest absolute Gasteiger partial charge is 0.356 e. The molecule has 1 N–H and O–H groups in total. The van der Waals surface area contributed by atoms with Gasteiger partial charge in [-0.2, -0.15) is 0 Å². The average Bonchev–Trinajstić information content (AvgIpc) is 2.53. The van der Waals surface area contributed by atoms with Crippen molar-refractivity contribution in [2.24, 2.45) is 11.8 Å². The van der Waals surface area contributed by atoms with E-state index >= 15 is 0 Å². The van der Waals surface area contributed by atoms with Gasteiger partial charge >= 0.3 is 0 Å². The normalized spacial score (nSPS) is 20.2. The number of benzene rings is 1. The zero-order valence-corrected chi connectivity index (χ0v) is 14.9. The van der Waals surface area contributed by atoms with Gasteiger partial charge in [-0.15, -0.1) is 11.8 Å². The summed E-state index contributed by atoms with van der Waals surface area (Å²) in [6.45, 7) is 4.22. The van der Waals surface area contributed by atoms with Crippen molar-refractivity contribution in [3.63, 3.8) is 0 Å². The summed E-state index contributed by atoms with van der Waals surface area (Å²) < 4.78 is 0. The second-order valence-electron chi connectivity index (χ2n) is 6.90. The molecule has 2 aliphatic rings. The highest BCUT2D eigenvalue weighted by Gasteiger charge is 2.26. The molecule has 1 heterocycles. The molecule has 1 amide bonds. The fourth-order valence-electron chi connectivity index (χ4n) is 3.48. The van der Waals surface area contributed by atoms with Gasteiger partial charge in [0.25, 0.3) is 0 Å². The van der Waals surface area contributed by atoms with Crippen LogP contribution in [0.4, 0.5) is 0 Å². The van der Waals surface area contributed by atoms with Crippen molar-refractivity contribution in [2.75, 3.05) is 25.9 Å². The molecule has 0 atom stereocenters. The highest BCUT2D eigenvalue weighted by atomic mass is 32.2.